The zero-order chi connectivity index (χ0) is 17.5. The van der Waals surface area contributed by atoms with Gasteiger partial charge in [-0.15, -0.1) is 0 Å². The number of halogens is 1. The second-order valence-electron chi connectivity index (χ2n) is 6.05. The van der Waals surface area contributed by atoms with E-state index < -0.39 is 9.84 Å². The number of carbonyl (C=O) groups excluding carboxylic acids is 1. The number of carbonyl (C=O) groups is 1. The lowest BCUT2D eigenvalue weighted by Crippen LogP contribution is -2.39. The number of hydrogen-bond acceptors (Lipinski definition) is 6. The number of amidine groups is 1. The van der Waals surface area contributed by atoms with E-state index in [9.17, 15) is 13.2 Å². The Kier molecular flexibility index (Phi) is 4.81. The van der Waals surface area contributed by atoms with Gasteiger partial charge in [0.15, 0.2) is 15.0 Å². The molecule has 0 bridgehead atoms. The second kappa shape index (κ2) is 6.57. The van der Waals surface area contributed by atoms with Crippen LogP contribution >= 0.6 is 23.4 Å². The fourth-order valence-electron chi connectivity index (χ4n) is 2.82. The molecule has 0 aliphatic carbocycles. The third kappa shape index (κ3) is 3.55. The van der Waals surface area contributed by atoms with Crippen molar-refractivity contribution < 1.29 is 13.2 Å². The Hall–Kier alpha value is -1.25. The van der Waals surface area contributed by atoms with Crippen LogP contribution in [0.4, 0.5) is 5.69 Å². The number of thioether (sulfide) groups is 1. The molecule has 130 valence electrons. The normalized spacial score (nSPS) is 24.6. The number of sulfone groups is 1. The number of rotatable bonds is 3. The number of benzene rings is 1. The van der Waals surface area contributed by atoms with Gasteiger partial charge in [0.2, 0.25) is 5.91 Å². The van der Waals surface area contributed by atoms with E-state index in [4.69, 9.17) is 11.6 Å². The highest BCUT2D eigenvalue weighted by Crippen LogP contribution is 2.35. The molecule has 0 N–H and O–H groups in total. The first-order valence-corrected chi connectivity index (χ1v) is 10.6. The van der Waals surface area contributed by atoms with Crippen LogP contribution in [0.1, 0.15) is 0 Å². The molecule has 1 amide bonds. The van der Waals surface area contributed by atoms with Crippen LogP contribution < -0.4 is 4.90 Å². The van der Waals surface area contributed by atoms with Gasteiger partial charge in [-0.2, -0.15) is 0 Å². The maximum atomic E-state index is 12.0. The molecule has 2 heterocycles. The lowest BCUT2D eigenvalue weighted by molar-refractivity contribution is -0.125. The summed E-state index contributed by atoms with van der Waals surface area (Å²) in [6, 6.07) is 6.74. The van der Waals surface area contributed by atoms with Crippen molar-refractivity contribution in [2.24, 2.45) is 4.99 Å². The molecule has 0 spiro atoms. The molecule has 1 aromatic carbocycles. The molecule has 1 aromatic rings. The average Bonchev–Trinajstić information content (AvgIpc) is 2.95. The minimum atomic E-state index is -3.09. The summed E-state index contributed by atoms with van der Waals surface area (Å²) in [5, 5.41) is 1.25. The smallest absolute Gasteiger partial charge is 0.232 e. The standard InChI is InChI=1S/C15H18ClN3O3S2/c1-18(2)14(20)7-23-15-17-12-8-24(21,22)9-13(12)19(15)11-5-3-4-10(16)6-11/h3-6,12-13H,7-9H2,1-2H3/t12-,13+/m1/s1. The first-order valence-electron chi connectivity index (χ1n) is 7.43. The summed E-state index contributed by atoms with van der Waals surface area (Å²) in [5.74, 6) is 0.368. The Morgan fingerprint density at radius 3 is 2.83 bits per heavy atom. The average molecular weight is 388 g/mol. The van der Waals surface area contributed by atoms with Crippen LogP contribution in [0.3, 0.4) is 0 Å². The molecule has 6 nitrogen and oxygen atoms in total. The topological polar surface area (TPSA) is 70.0 Å². The molecule has 2 atom stereocenters. The lowest BCUT2D eigenvalue weighted by atomic mass is 10.1. The van der Waals surface area contributed by atoms with Crippen LogP contribution in [0.25, 0.3) is 0 Å². The zero-order valence-electron chi connectivity index (χ0n) is 13.3. The van der Waals surface area contributed by atoms with E-state index in [-0.39, 0.29) is 35.2 Å². The van der Waals surface area contributed by atoms with E-state index in [1.54, 1.807) is 26.2 Å². The molecule has 0 saturated carbocycles. The van der Waals surface area contributed by atoms with Crippen molar-refractivity contribution in [3.63, 3.8) is 0 Å². The predicted octanol–water partition coefficient (Wildman–Crippen LogP) is 1.50. The van der Waals surface area contributed by atoms with E-state index >= 15 is 0 Å². The molecular weight excluding hydrogens is 370 g/mol. The monoisotopic (exact) mass is 387 g/mol. The summed E-state index contributed by atoms with van der Waals surface area (Å²) in [6.07, 6.45) is 0. The summed E-state index contributed by atoms with van der Waals surface area (Å²) >= 11 is 7.42. The van der Waals surface area contributed by atoms with Gasteiger partial charge in [-0.1, -0.05) is 29.4 Å². The van der Waals surface area contributed by atoms with E-state index in [2.05, 4.69) is 4.99 Å². The summed E-state index contributed by atoms with van der Waals surface area (Å²) in [4.78, 5) is 19.9. The van der Waals surface area contributed by atoms with Crippen LogP contribution in [0, 0.1) is 0 Å². The highest BCUT2D eigenvalue weighted by atomic mass is 35.5. The molecule has 9 heteroatoms. The minimum absolute atomic E-state index is 0.0153. The van der Waals surface area contributed by atoms with Crippen LogP contribution in [0.15, 0.2) is 29.3 Å². The van der Waals surface area contributed by atoms with Gasteiger partial charge in [0.1, 0.15) is 0 Å². The first kappa shape index (κ1) is 17.6. The SMILES string of the molecule is CN(C)C(=O)CSC1=N[C@@H]2CS(=O)(=O)C[C@@H]2N1c1cccc(Cl)c1. The highest BCUT2D eigenvalue weighted by Gasteiger charge is 2.47. The van der Waals surface area contributed by atoms with E-state index in [1.807, 2.05) is 17.0 Å². The maximum absolute atomic E-state index is 12.0. The summed E-state index contributed by atoms with van der Waals surface area (Å²) in [7, 11) is 0.317. The minimum Gasteiger partial charge on any atom is -0.348 e. The predicted molar refractivity (Wildman–Crippen MR) is 98.7 cm³/mol. The van der Waals surface area contributed by atoms with E-state index in [0.29, 0.717) is 10.2 Å². The van der Waals surface area contributed by atoms with Crippen molar-refractivity contribution in [1.29, 1.82) is 0 Å². The number of hydrogen-bond donors (Lipinski definition) is 0. The van der Waals surface area contributed by atoms with Gasteiger partial charge in [-0.3, -0.25) is 9.79 Å². The van der Waals surface area contributed by atoms with E-state index in [0.717, 1.165) is 5.69 Å². The highest BCUT2D eigenvalue weighted by molar-refractivity contribution is 8.14. The fraction of sp³-hybridized carbons (Fsp3) is 0.467. The molecule has 2 aliphatic rings. The van der Waals surface area contributed by atoms with Crippen molar-refractivity contribution in [1.82, 2.24) is 4.90 Å². The number of aliphatic imine (C=N–C) groups is 1. The van der Waals surface area contributed by atoms with Crippen LogP contribution in [-0.2, 0) is 14.6 Å². The molecular formula is C15H18ClN3O3S2. The largest absolute Gasteiger partial charge is 0.348 e. The van der Waals surface area contributed by atoms with Gasteiger partial charge < -0.3 is 9.80 Å². The Bertz CT molecular complexity index is 795. The molecule has 1 saturated heterocycles. The van der Waals surface area contributed by atoms with Crippen LogP contribution in [0.2, 0.25) is 5.02 Å². The first-order chi connectivity index (χ1) is 11.3. The quantitative estimate of drug-likeness (QED) is 0.786. The molecule has 0 radical (unpaired) electrons. The Morgan fingerprint density at radius 2 is 2.17 bits per heavy atom. The van der Waals surface area contributed by atoms with Crippen molar-refractivity contribution >= 4 is 50.0 Å². The Morgan fingerprint density at radius 1 is 1.42 bits per heavy atom. The van der Waals surface area contributed by atoms with Gasteiger partial charge in [0.05, 0.1) is 29.3 Å². The van der Waals surface area contributed by atoms with Crippen LogP contribution in [0.5, 0.6) is 0 Å². The maximum Gasteiger partial charge on any atom is 0.232 e. The fourth-order valence-corrected chi connectivity index (χ4v) is 5.95. The zero-order valence-corrected chi connectivity index (χ0v) is 15.7. The lowest BCUT2D eigenvalue weighted by Gasteiger charge is -2.26. The second-order valence-corrected chi connectivity index (χ2v) is 9.58. The molecule has 3 rings (SSSR count). The Labute approximate surface area is 150 Å². The summed E-state index contributed by atoms with van der Waals surface area (Å²) in [6.45, 7) is 0. The molecule has 24 heavy (non-hydrogen) atoms. The summed E-state index contributed by atoms with van der Waals surface area (Å²) < 4.78 is 23.9. The molecule has 2 aliphatic heterocycles. The van der Waals surface area contributed by atoms with Gasteiger partial charge in [0, 0.05) is 24.8 Å². The molecule has 0 unspecified atom stereocenters. The van der Waals surface area contributed by atoms with E-state index in [1.165, 1.54) is 16.7 Å². The van der Waals surface area contributed by atoms with Gasteiger partial charge in [0.25, 0.3) is 0 Å². The van der Waals surface area contributed by atoms with Crippen molar-refractivity contribution in [3.8, 4) is 0 Å². The number of nitrogens with zero attached hydrogens (tertiary/aromatic N) is 3. The van der Waals surface area contributed by atoms with Crippen molar-refractivity contribution in [2.75, 3.05) is 36.3 Å². The van der Waals surface area contributed by atoms with Gasteiger partial charge >= 0.3 is 0 Å². The van der Waals surface area contributed by atoms with Crippen molar-refractivity contribution in [3.05, 3.63) is 29.3 Å². The number of amides is 1. The van der Waals surface area contributed by atoms with Crippen LogP contribution in [-0.4, -0.2) is 67.8 Å². The number of fused-ring (bicyclic) bond motifs is 1. The van der Waals surface area contributed by atoms with Gasteiger partial charge in [-0.25, -0.2) is 8.42 Å². The van der Waals surface area contributed by atoms with Crippen molar-refractivity contribution in [2.45, 2.75) is 12.1 Å². The molecule has 0 aromatic heterocycles. The third-order valence-electron chi connectivity index (χ3n) is 4.02. The summed E-state index contributed by atoms with van der Waals surface area (Å²) in [5.41, 5.74) is 0.802. The third-order valence-corrected chi connectivity index (χ3v) is 6.90. The Balaban J connectivity index is 1.89. The number of anilines is 1. The molecule has 1 fully saturated rings. The van der Waals surface area contributed by atoms with Gasteiger partial charge in [-0.05, 0) is 18.2 Å².